The minimum absolute atomic E-state index is 0.796. The van der Waals surface area contributed by atoms with Gasteiger partial charge in [-0.25, -0.2) is 0 Å². The van der Waals surface area contributed by atoms with E-state index in [2.05, 4.69) is 58.2 Å². The normalized spacial score (nSPS) is 12.7. The zero-order valence-electron chi connectivity index (χ0n) is 16.2. The number of hydrogen-bond acceptors (Lipinski definition) is 4. The van der Waals surface area contributed by atoms with Gasteiger partial charge in [-0.1, -0.05) is 36.4 Å². The minimum atomic E-state index is 0.796. The zero-order valence-corrected chi connectivity index (χ0v) is 16.2. The standard InChI is InChI=1S/C25H21N3O/c1-27-18-28(25-14-3-2-13-24(25)27)20-9-7-11-22(17-20)29-21-10-6-8-19(16-21)23-12-4-5-15-26-23/h2-17H,18H2,1H3. The molecule has 4 aromatic rings. The molecule has 3 aromatic carbocycles. The Kier molecular flexibility index (Phi) is 4.37. The Morgan fingerprint density at radius 3 is 2.34 bits per heavy atom. The number of aromatic nitrogens is 1. The number of fused-ring (bicyclic) bond motifs is 1. The quantitative estimate of drug-likeness (QED) is 0.429. The smallest absolute Gasteiger partial charge is 0.129 e. The molecule has 0 bridgehead atoms. The monoisotopic (exact) mass is 379 g/mol. The van der Waals surface area contributed by atoms with Crippen LogP contribution in [0.4, 0.5) is 17.1 Å². The van der Waals surface area contributed by atoms with Crippen LogP contribution < -0.4 is 14.5 Å². The third-order valence-electron chi connectivity index (χ3n) is 5.10. The summed E-state index contributed by atoms with van der Waals surface area (Å²) in [5, 5.41) is 0. The molecule has 0 spiro atoms. The van der Waals surface area contributed by atoms with Gasteiger partial charge in [0, 0.05) is 30.6 Å². The number of benzene rings is 3. The van der Waals surface area contributed by atoms with Crippen LogP contribution in [0.25, 0.3) is 11.3 Å². The predicted molar refractivity (Wildman–Crippen MR) is 118 cm³/mol. The van der Waals surface area contributed by atoms with Crippen LogP contribution in [0.5, 0.6) is 11.5 Å². The lowest BCUT2D eigenvalue weighted by Crippen LogP contribution is -2.23. The van der Waals surface area contributed by atoms with Gasteiger partial charge in [-0.15, -0.1) is 0 Å². The summed E-state index contributed by atoms with van der Waals surface area (Å²) in [6, 6.07) is 30.6. The van der Waals surface area contributed by atoms with Crippen LogP contribution in [-0.2, 0) is 0 Å². The number of anilines is 3. The van der Waals surface area contributed by atoms with Gasteiger partial charge in [-0.2, -0.15) is 0 Å². The lowest BCUT2D eigenvalue weighted by atomic mass is 10.1. The third-order valence-corrected chi connectivity index (χ3v) is 5.10. The van der Waals surface area contributed by atoms with Crippen molar-refractivity contribution in [2.24, 2.45) is 0 Å². The van der Waals surface area contributed by atoms with Crippen LogP contribution in [0, 0.1) is 0 Å². The van der Waals surface area contributed by atoms with Crippen LogP contribution in [0.15, 0.2) is 97.2 Å². The molecule has 0 amide bonds. The van der Waals surface area contributed by atoms with Crippen molar-refractivity contribution in [3.63, 3.8) is 0 Å². The second-order valence-electron chi connectivity index (χ2n) is 7.10. The number of rotatable bonds is 4. The van der Waals surface area contributed by atoms with E-state index in [1.165, 1.54) is 11.4 Å². The van der Waals surface area contributed by atoms with E-state index in [1.54, 1.807) is 6.20 Å². The average Bonchev–Trinajstić information content (AvgIpc) is 3.12. The predicted octanol–water partition coefficient (Wildman–Crippen LogP) is 6.09. The van der Waals surface area contributed by atoms with Crippen molar-refractivity contribution >= 4 is 17.1 Å². The summed E-state index contributed by atoms with van der Waals surface area (Å²) in [4.78, 5) is 8.97. The second-order valence-corrected chi connectivity index (χ2v) is 7.10. The fraction of sp³-hybridized carbons (Fsp3) is 0.0800. The molecule has 1 aliphatic heterocycles. The highest BCUT2D eigenvalue weighted by Crippen LogP contribution is 2.40. The highest BCUT2D eigenvalue weighted by molar-refractivity contribution is 5.82. The molecular formula is C25H21N3O. The van der Waals surface area contributed by atoms with Crippen molar-refractivity contribution < 1.29 is 4.74 Å². The molecule has 5 rings (SSSR count). The van der Waals surface area contributed by atoms with Gasteiger partial charge in [0.2, 0.25) is 0 Å². The fourth-order valence-electron chi connectivity index (χ4n) is 3.70. The summed E-state index contributed by atoms with van der Waals surface area (Å²) in [7, 11) is 2.11. The van der Waals surface area contributed by atoms with E-state index in [0.717, 1.165) is 35.1 Å². The molecule has 142 valence electrons. The van der Waals surface area contributed by atoms with Crippen LogP contribution in [0.3, 0.4) is 0 Å². The van der Waals surface area contributed by atoms with Crippen LogP contribution in [0.2, 0.25) is 0 Å². The van der Waals surface area contributed by atoms with E-state index >= 15 is 0 Å². The Morgan fingerprint density at radius 1 is 0.759 bits per heavy atom. The van der Waals surface area contributed by atoms with Gasteiger partial charge in [-0.05, 0) is 48.5 Å². The number of pyridine rings is 1. The van der Waals surface area contributed by atoms with Crippen LogP contribution in [0.1, 0.15) is 0 Å². The lowest BCUT2D eigenvalue weighted by Gasteiger charge is -2.20. The zero-order chi connectivity index (χ0) is 19.6. The summed E-state index contributed by atoms with van der Waals surface area (Å²) in [6.45, 7) is 0.817. The van der Waals surface area contributed by atoms with Crippen LogP contribution >= 0.6 is 0 Å². The van der Waals surface area contributed by atoms with Gasteiger partial charge in [0.25, 0.3) is 0 Å². The van der Waals surface area contributed by atoms with E-state index in [1.807, 2.05) is 54.6 Å². The number of nitrogens with zero attached hydrogens (tertiary/aromatic N) is 3. The van der Waals surface area contributed by atoms with Gasteiger partial charge >= 0.3 is 0 Å². The van der Waals surface area contributed by atoms with E-state index in [-0.39, 0.29) is 0 Å². The molecule has 4 nitrogen and oxygen atoms in total. The van der Waals surface area contributed by atoms with Crippen molar-refractivity contribution in [2.75, 3.05) is 23.5 Å². The van der Waals surface area contributed by atoms with Gasteiger partial charge < -0.3 is 14.5 Å². The SMILES string of the molecule is CN1CN(c2cccc(Oc3cccc(-c4ccccn4)c3)c2)c2ccccc21. The molecule has 0 unspecified atom stereocenters. The van der Waals surface area contributed by atoms with Crippen molar-refractivity contribution in [3.05, 3.63) is 97.2 Å². The van der Waals surface area contributed by atoms with Crippen molar-refractivity contribution in [1.82, 2.24) is 4.98 Å². The Labute approximate surface area is 170 Å². The molecule has 0 aliphatic carbocycles. The highest BCUT2D eigenvalue weighted by atomic mass is 16.5. The molecule has 0 saturated heterocycles. The molecule has 4 heteroatoms. The molecule has 2 heterocycles. The van der Waals surface area contributed by atoms with E-state index in [0.29, 0.717) is 0 Å². The minimum Gasteiger partial charge on any atom is -0.457 e. The van der Waals surface area contributed by atoms with Crippen LogP contribution in [-0.4, -0.2) is 18.7 Å². The number of para-hydroxylation sites is 2. The van der Waals surface area contributed by atoms with Gasteiger partial charge in [0.05, 0.1) is 23.7 Å². The Hall–Kier alpha value is -3.79. The maximum Gasteiger partial charge on any atom is 0.129 e. The summed E-state index contributed by atoms with van der Waals surface area (Å²) in [6.07, 6.45) is 1.80. The Balaban J connectivity index is 1.42. The first-order valence-electron chi connectivity index (χ1n) is 9.65. The molecule has 0 fully saturated rings. The first-order chi connectivity index (χ1) is 14.3. The molecule has 1 aliphatic rings. The summed E-state index contributed by atoms with van der Waals surface area (Å²) < 4.78 is 6.19. The Morgan fingerprint density at radius 2 is 1.52 bits per heavy atom. The van der Waals surface area contributed by atoms with Crippen molar-refractivity contribution in [3.8, 4) is 22.8 Å². The van der Waals surface area contributed by atoms with Crippen molar-refractivity contribution in [1.29, 1.82) is 0 Å². The second kappa shape index (κ2) is 7.32. The highest BCUT2D eigenvalue weighted by Gasteiger charge is 2.24. The maximum atomic E-state index is 6.19. The number of hydrogen-bond donors (Lipinski definition) is 0. The summed E-state index contributed by atoms with van der Waals surface area (Å²) >= 11 is 0. The molecule has 0 radical (unpaired) electrons. The maximum absolute atomic E-state index is 6.19. The number of ether oxygens (including phenoxy) is 1. The lowest BCUT2D eigenvalue weighted by molar-refractivity contribution is 0.483. The first-order valence-corrected chi connectivity index (χ1v) is 9.65. The molecule has 1 aromatic heterocycles. The Bertz CT molecular complexity index is 1140. The first kappa shape index (κ1) is 17.3. The topological polar surface area (TPSA) is 28.6 Å². The van der Waals surface area contributed by atoms with E-state index in [9.17, 15) is 0 Å². The fourth-order valence-corrected chi connectivity index (χ4v) is 3.70. The summed E-state index contributed by atoms with van der Waals surface area (Å²) in [5.74, 6) is 1.61. The van der Waals surface area contributed by atoms with Gasteiger partial charge in [0.15, 0.2) is 0 Å². The average molecular weight is 379 g/mol. The molecule has 29 heavy (non-hydrogen) atoms. The van der Waals surface area contributed by atoms with Gasteiger partial charge in [0.1, 0.15) is 11.5 Å². The van der Waals surface area contributed by atoms with E-state index in [4.69, 9.17) is 4.74 Å². The molecular weight excluding hydrogens is 358 g/mol. The third kappa shape index (κ3) is 3.41. The molecule has 0 N–H and O–H groups in total. The molecule has 0 saturated carbocycles. The van der Waals surface area contributed by atoms with Crippen molar-refractivity contribution in [2.45, 2.75) is 0 Å². The molecule has 0 atom stereocenters. The summed E-state index contributed by atoms with van der Waals surface area (Å²) in [5.41, 5.74) is 5.53. The van der Waals surface area contributed by atoms with E-state index < -0.39 is 0 Å². The van der Waals surface area contributed by atoms with Gasteiger partial charge in [-0.3, -0.25) is 4.98 Å². The largest absolute Gasteiger partial charge is 0.457 e.